The van der Waals surface area contributed by atoms with Crippen LogP contribution in [0.15, 0.2) is 18.2 Å². The lowest BCUT2D eigenvalue weighted by molar-refractivity contribution is -0.139. The Hall–Kier alpha value is -1.75. The zero-order valence-electron chi connectivity index (χ0n) is 13.1. The number of benzene rings is 1. The number of aromatic hydroxyl groups is 1. The molecule has 0 aliphatic rings. The van der Waals surface area contributed by atoms with Crippen molar-refractivity contribution in [2.75, 3.05) is 7.11 Å². The van der Waals surface area contributed by atoms with Crippen LogP contribution in [0.25, 0.3) is 0 Å². The Balaban J connectivity index is 2.61. The molecule has 0 saturated carbocycles. The van der Waals surface area contributed by atoms with Crippen molar-refractivity contribution in [3.05, 3.63) is 23.8 Å². The van der Waals surface area contributed by atoms with Gasteiger partial charge in [0.2, 0.25) is 0 Å². The van der Waals surface area contributed by atoms with E-state index >= 15 is 0 Å². The topological polar surface area (TPSA) is 78.8 Å². The molecule has 3 N–H and O–H groups in total. The number of methoxy groups -OCH3 is 1. The van der Waals surface area contributed by atoms with E-state index in [0.29, 0.717) is 18.7 Å². The van der Waals surface area contributed by atoms with Gasteiger partial charge in [0.1, 0.15) is 6.04 Å². The van der Waals surface area contributed by atoms with Gasteiger partial charge in [0.25, 0.3) is 0 Å². The molecule has 21 heavy (non-hydrogen) atoms. The highest BCUT2D eigenvalue weighted by Crippen LogP contribution is 2.26. The quantitative estimate of drug-likeness (QED) is 0.721. The molecular formula is C16H25NO4. The molecular weight excluding hydrogens is 270 g/mol. The highest BCUT2D eigenvalue weighted by Gasteiger charge is 2.20. The molecule has 0 unspecified atom stereocenters. The molecule has 5 heteroatoms. The van der Waals surface area contributed by atoms with Crippen LogP contribution >= 0.6 is 0 Å². The van der Waals surface area contributed by atoms with Crippen molar-refractivity contribution >= 4 is 5.97 Å². The van der Waals surface area contributed by atoms with Crippen LogP contribution in [0.2, 0.25) is 0 Å². The van der Waals surface area contributed by atoms with E-state index in [1.54, 1.807) is 18.2 Å². The van der Waals surface area contributed by atoms with Gasteiger partial charge in [-0.3, -0.25) is 4.79 Å². The fourth-order valence-corrected chi connectivity index (χ4v) is 1.98. The van der Waals surface area contributed by atoms with Crippen LogP contribution in [0.1, 0.15) is 39.2 Å². The first-order chi connectivity index (χ1) is 9.73. The Morgan fingerprint density at radius 2 is 2.05 bits per heavy atom. The maximum Gasteiger partial charge on any atom is 0.320 e. The minimum atomic E-state index is -0.850. The maximum atomic E-state index is 11.3. The van der Waals surface area contributed by atoms with E-state index in [2.05, 4.69) is 26.1 Å². The summed E-state index contributed by atoms with van der Waals surface area (Å²) in [7, 11) is 1.49. The monoisotopic (exact) mass is 295 g/mol. The number of hydrogen-bond acceptors (Lipinski definition) is 4. The first-order valence-electron chi connectivity index (χ1n) is 7.05. The van der Waals surface area contributed by atoms with Crippen LogP contribution in [0.4, 0.5) is 0 Å². The Labute approximate surface area is 125 Å². The number of aliphatic carboxylic acids is 1. The summed E-state index contributed by atoms with van der Waals surface area (Å²) >= 11 is 0. The maximum absolute atomic E-state index is 11.3. The molecule has 1 aromatic carbocycles. The SMILES string of the molecule is COc1ccc(CN[C@@H](CCC(C)(C)C)C(=O)O)cc1O. The summed E-state index contributed by atoms with van der Waals surface area (Å²) in [5.74, 6) is -0.392. The smallest absolute Gasteiger partial charge is 0.320 e. The van der Waals surface area contributed by atoms with Crippen LogP contribution in [0.3, 0.4) is 0 Å². The van der Waals surface area contributed by atoms with Gasteiger partial charge < -0.3 is 20.3 Å². The third-order valence-corrected chi connectivity index (χ3v) is 3.28. The molecule has 118 valence electrons. The number of nitrogens with one attached hydrogen (secondary N) is 1. The molecule has 0 amide bonds. The van der Waals surface area contributed by atoms with Gasteiger partial charge in [-0.25, -0.2) is 0 Å². The number of carboxylic acids is 1. The number of ether oxygens (including phenoxy) is 1. The largest absolute Gasteiger partial charge is 0.504 e. The van der Waals surface area contributed by atoms with E-state index < -0.39 is 12.0 Å². The minimum Gasteiger partial charge on any atom is -0.504 e. The first-order valence-corrected chi connectivity index (χ1v) is 7.05. The van der Waals surface area contributed by atoms with E-state index in [0.717, 1.165) is 12.0 Å². The number of phenolic OH excluding ortho intramolecular Hbond substituents is 1. The highest BCUT2D eigenvalue weighted by atomic mass is 16.5. The zero-order chi connectivity index (χ0) is 16.0. The zero-order valence-corrected chi connectivity index (χ0v) is 13.1. The van der Waals surface area contributed by atoms with E-state index in [-0.39, 0.29) is 11.2 Å². The predicted molar refractivity (Wildman–Crippen MR) is 81.6 cm³/mol. The summed E-state index contributed by atoms with van der Waals surface area (Å²) in [5.41, 5.74) is 0.920. The third kappa shape index (κ3) is 6.04. The Morgan fingerprint density at radius 1 is 1.38 bits per heavy atom. The fourth-order valence-electron chi connectivity index (χ4n) is 1.98. The number of hydrogen-bond donors (Lipinski definition) is 3. The van der Waals surface area contributed by atoms with Crippen molar-refractivity contribution in [1.29, 1.82) is 0 Å². The number of carboxylic acid groups (broad SMARTS) is 1. The number of carbonyl (C=O) groups is 1. The van der Waals surface area contributed by atoms with Crippen molar-refractivity contribution in [1.82, 2.24) is 5.32 Å². The Bertz CT molecular complexity index is 480. The molecule has 0 fully saturated rings. The average molecular weight is 295 g/mol. The third-order valence-electron chi connectivity index (χ3n) is 3.28. The Kier molecular flexibility index (Phi) is 6.03. The average Bonchev–Trinajstić information content (AvgIpc) is 2.37. The van der Waals surface area contributed by atoms with Gasteiger partial charge in [-0.2, -0.15) is 0 Å². The molecule has 0 bridgehead atoms. The van der Waals surface area contributed by atoms with E-state index in [9.17, 15) is 15.0 Å². The molecule has 0 heterocycles. The van der Waals surface area contributed by atoms with Crippen molar-refractivity contribution in [3.8, 4) is 11.5 Å². The molecule has 0 aliphatic carbocycles. The van der Waals surface area contributed by atoms with Gasteiger partial charge in [0.15, 0.2) is 11.5 Å². The molecule has 1 rings (SSSR count). The molecule has 5 nitrogen and oxygen atoms in total. The standard InChI is InChI=1S/C16H25NO4/c1-16(2,3)8-7-12(15(19)20)17-10-11-5-6-14(21-4)13(18)9-11/h5-6,9,12,17-18H,7-8,10H2,1-4H3,(H,19,20)/t12-/m0/s1. The van der Waals surface area contributed by atoms with E-state index in [1.165, 1.54) is 7.11 Å². The lowest BCUT2D eigenvalue weighted by Crippen LogP contribution is -2.37. The second kappa shape index (κ2) is 7.31. The molecule has 0 aliphatic heterocycles. The molecule has 1 aromatic rings. The van der Waals surface area contributed by atoms with Crippen molar-refractivity contribution in [2.45, 2.75) is 46.2 Å². The van der Waals surface area contributed by atoms with Crippen LogP contribution in [-0.2, 0) is 11.3 Å². The number of phenols is 1. The Morgan fingerprint density at radius 3 is 2.52 bits per heavy atom. The summed E-state index contributed by atoms with van der Waals surface area (Å²) in [6, 6.07) is 4.45. The van der Waals surface area contributed by atoms with Gasteiger partial charge in [-0.15, -0.1) is 0 Å². The lowest BCUT2D eigenvalue weighted by atomic mass is 9.88. The van der Waals surface area contributed by atoms with Gasteiger partial charge in [-0.05, 0) is 36.0 Å². The van der Waals surface area contributed by atoms with Gasteiger partial charge in [0.05, 0.1) is 7.11 Å². The van der Waals surface area contributed by atoms with Crippen LogP contribution in [0, 0.1) is 5.41 Å². The van der Waals surface area contributed by atoms with Gasteiger partial charge >= 0.3 is 5.97 Å². The molecule has 0 aromatic heterocycles. The fraction of sp³-hybridized carbons (Fsp3) is 0.562. The summed E-state index contributed by atoms with van der Waals surface area (Å²) in [5, 5.41) is 22.0. The normalized spacial score (nSPS) is 13.0. The summed E-state index contributed by atoms with van der Waals surface area (Å²) in [6.07, 6.45) is 1.39. The van der Waals surface area contributed by atoms with E-state index in [1.807, 2.05) is 0 Å². The van der Waals surface area contributed by atoms with Crippen LogP contribution in [0.5, 0.6) is 11.5 Å². The predicted octanol–water partition coefficient (Wildman–Crippen LogP) is 2.77. The summed E-state index contributed by atoms with van der Waals surface area (Å²) in [6.45, 7) is 6.66. The minimum absolute atomic E-state index is 0.0540. The molecule has 0 saturated heterocycles. The van der Waals surface area contributed by atoms with Gasteiger partial charge in [-0.1, -0.05) is 26.8 Å². The summed E-state index contributed by atoms with van der Waals surface area (Å²) < 4.78 is 4.98. The van der Waals surface area contributed by atoms with E-state index in [4.69, 9.17) is 4.74 Å². The lowest BCUT2D eigenvalue weighted by Gasteiger charge is -2.21. The first kappa shape index (κ1) is 17.3. The van der Waals surface area contributed by atoms with Crippen LogP contribution in [-0.4, -0.2) is 29.3 Å². The second-order valence-corrected chi connectivity index (χ2v) is 6.38. The summed E-state index contributed by atoms with van der Waals surface area (Å²) in [4.78, 5) is 11.3. The second-order valence-electron chi connectivity index (χ2n) is 6.38. The molecule has 1 atom stereocenters. The van der Waals surface area contributed by atoms with Crippen molar-refractivity contribution < 1.29 is 19.7 Å². The number of rotatable bonds is 7. The van der Waals surface area contributed by atoms with Crippen molar-refractivity contribution in [2.24, 2.45) is 5.41 Å². The van der Waals surface area contributed by atoms with Crippen LogP contribution < -0.4 is 10.1 Å². The highest BCUT2D eigenvalue weighted by molar-refractivity contribution is 5.73. The molecule has 0 radical (unpaired) electrons. The van der Waals surface area contributed by atoms with Gasteiger partial charge in [0, 0.05) is 6.54 Å². The van der Waals surface area contributed by atoms with Crippen molar-refractivity contribution in [3.63, 3.8) is 0 Å². The molecule has 0 spiro atoms.